The highest BCUT2D eigenvalue weighted by Gasteiger charge is 2.61. The van der Waals surface area contributed by atoms with E-state index in [0.29, 0.717) is 0 Å². The molecular weight excluding hydrogens is 328 g/mol. The second-order valence-electron chi connectivity index (χ2n) is 6.23. The molecule has 24 heavy (non-hydrogen) atoms. The molecule has 0 aromatic heterocycles. The first-order valence-corrected chi connectivity index (χ1v) is 7.36. The van der Waals surface area contributed by atoms with Crippen molar-refractivity contribution in [3.05, 3.63) is 41.0 Å². The zero-order valence-corrected chi connectivity index (χ0v) is 13.8. The lowest BCUT2D eigenvalue weighted by Gasteiger charge is -2.11. The second kappa shape index (κ2) is 6.45. The fraction of sp³-hybridized carbons (Fsp3) is 0.471. The van der Waals surface area contributed by atoms with Crippen molar-refractivity contribution in [2.45, 2.75) is 27.4 Å². The second-order valence-corrected chi connectivity index (χ2v) is 6.23. The van der Waals surface area contributed by atoms with Gasteiger partial charge in [0.15, 0.2) is 17.4 Å². The molecule has 7 heteroatoms. The largest absolute Gasteiger partial charge is 0.491 e. The number of allylic oxidation sites excluding steroid dienone is 2. The SMILES string of the molecule is C/C=C/C1C(C(=O)OCc2c(F)c(F)c(OC)c(F)c2F)C1(C)C. The standard InChI is InChI=1S/C17H18F4O3/c1-5-6-9-10(17(9,2)3)16(22)24-7-8-11(18)13(20)15(23-4)14(21)12(8)19/h5-6,9-10H,7H2,1-4H3/b6-5+. The molecule has 0 spiro atoms. The van der Waals surface area contributed by atoms with E-state index in [1.807, 2.05) is 26.8 Å². The van der Waals surface area contributed by atoms with E-state index in [1.54, 1.807) is 6.08 Å². The molecule has 0 aliphatic heterocycles. The van der Waals surface area contributed by atoms with E-state index >= 15 is 0 Å². The Balaban J connectivity index is 2.18. The summed E-state index contributed by atoms with van der Waals surface area (Å²) in [6.45, 7) is 4.63. The van der Waals surface area contributed by atoms with Crippen LogP contribution < -0.4 is 4.74 Å². The zero-order valence-electron chi connectivity index (χ0n) is 13.8. The molecule has 1 aromatic carbocycles. The van der Waals surface area contributed by atoms with Crippen molar-refractivity contribution >= 4 is 5.97 Å². The highest BCUT2D eigenvalue weighted by molar-refractivity contribution is 5.78. The summed E-state index contributed by atoms with van der Waals surface area (Å²) in [5.41, 5.74) is -1.32. The number of rotatable bonds is 5. The first kappa shape index (κ1) is 18.3. The van der Waals surface area contributed by atoms with Gasteiger partial charge in [-0.05, 0) is 18.3 Å². The molecule has 1 aliphatic carbocycles. The minimum absolute atomic E-state index is 0.0472. The summed E-state index contributed by atoms with van der Waals surface area (Å²) >= 11 is 0. The van der Waals surface area contributed by atoms with Gasteiger partial charge in [0, 0.05) is 0 Å². The highest BCUT2D eigenvalue weighted by Crippen LogP contribution is 2.59. The summed E-state index contributed by atoms with van der Waals surface area (Å²) in [5.74, 6) is -8.95. The molecule has 1 saturated carbocycles. The van der Waals surface area contributed by atoms with Crippen molar-refractivity contribution in [3.8, 4) is 5.75 Å². The van der Waals surface area contributed by atoms with Crippen LogP contribution in [0.5, 0.6) is 5.75 Å². The van der Waals surface area contributed by atoms with Gasteiger partial charge in [0.2, 0.25) is 11.6 Å². The molecule has 1 fully saturated rings. The van der Waals surface area contributed by atoms with Crippen LogP contribution in [0.15, 0.2) is 12.2 Å². The fourth-order valence-corrected chi connectivity index (χ4v) is 2.89. The maximum Gasteiger partial charge on any atom is 0.310 e. The van der Waals surface area contributed by atoms with Crippen molar-refractivity contribution in [2.75, 3.05) is 7.11 Å². The van der Waals surface area contributed by atoms with Crippen LogP contribution in [0.1, 0.15) is 26.3 Å². The lowest BCUT2D eigenvalue weighted by Crippen LogP contribution is -2.14. The summed E-state index contributed by atoms with van der Waals surface area (Å²) in [6, 6.07) is 0. The van der Waals surface area contributed by atoms with Gasteiger partial charge < -0.3 is 9.47 Å². The van der Waals surface area contributed by atoms with Crippen molar-refractivity contribution in [2.24, 2.45) is 17.3 Å². The zero-order chi connectivity index (χ0) is 18.2. The number of benzene rings is 1. The number of carbonyl (C=O) groups is 1. The lowest BCUT2D eigenvalue weighted by atomic mass is 10.1. The Kier molecular flexibility index (Phi) is 4.92. The van der Waals surface area contributed by atoms with Crippen LogP contribution in [-0.4, -0.2) is 13.1 Å². The van der Waals surface area contributed by atoms with Crippen LogP contribution in [0.25, 0.3) is 0 Å². The number of esters is 1. The van der Waals surface area contributed by atoms with E-state index < -0.39 is 53.1 Å². The highest BCUT2D eigenvalue weighted by atomic mass is 19.2. The van der Waals surface area contributed by atoms with Gasteiger partial charge >= 0.3 is 5.97 Å². The monoisotopic (exact) mass is 346 g/mol. The van der Waals surface area contributed by atoms with E-state index in [4.69, 9.17) is 4.74 Å². The van der Waals surface area contributed by atoms with E-state index in [0.717, 1.165) is 7.11 Å². The maximum atomic E-state index is 13.8. The van der Waals surface area contributed by atoms with Crippen LogP contribution >= 0.6 is 0 Å². The fourth-order valence-electron chi connectivity index (χ4n) is 2.89. The van der Waals surface area contributed by atoms with Crippen molar-refractivity contribution < 1.29 is 31.8 Å². The number of methoxy groups -OCH3 is 1. The number of hydrogen-bond donors (Lipinski definition) is 0. The summed E-state index contributed by atoms with van der Waals surface area (Å²) < 4.78 is 64.1. The molecule has 0 bridgehead atoms. The van der Waals surface area contributed by atoms with Gasteiger partial charge in [-0.1, -0.05) is 26.0 Å². The average Bonchev–Trinajstić information content (AvgIpc) is 3.07. The lowest BCUT2D eigenvalue weighted by molar-refractivity contribution is -0.147. The normalized spacial score (nSPS) is 21.8. The summed E-state index contributed by atoms with van der Waals surface area (Å²) in [5, 5.41) is 0. The summed E-state index contributed by atoms with van der Waals surface area (Å²) in [4.78, 5) is 12.1. The molecule has 2 atom stereocenters. The smallest absolute Gasteiger partial charge is 0.310 e. The first-order valence-electron chi connectivity index (χ1n) is 7.36. The Morgan fingerprint density at radius 1 is 1.12 bits per heavy atom. The maximum absolute atomic E-state index is 13.8. The van der Waals surface area contributed by atoms with Gasteiger partial charge in [-0.3, -0.25) is 4.79 Å². The minimum atomic E-state index is -1.67. The third-order valence-electron chi connectivity index (χ3n) is 4.44. The van der Waals surface area contributed by atoms with Gasteiger partial charge in [0.05, 0.1) is 18.6 Å². The number of ether oxygens (including phenoxy) is 2. The number of halogens is 4. The van der Waals surface area contributed by atoms with Gasteiger partial charge in [-0.25, -0.2) is 8.78 Å². The number of hydrogen-bond acceptors (Lipinski definition) is 3. The average molecular weight is 346 g/mol. The third-order valence-corrected chi connectivity index (χ3v) is 4.44. The van der Waals surface area contributed by atoms with Crippen LogP contribution in [0, 0.1) is 40.5 Å². The summed E-state index contributed by atoms with van der Waals surface area (Å²) in [7, 11) is 0.886. The Labute approximate surface area is 137 Å². The Hall–Kier alpha value is -2.05. The molecule has 132 valence electrons. The molecule has 0 radical (unpaired) electrons. The van der Waals surface area contributed by atoms with Crippen molar-refractivity contribution in [1.82, 2.24) is 0 Å². The van der Waals surface area contributed by atoms with Crippen molar-refractivity contribution in [3.63, 3.8) is 0 Å². The van der Waals surface area contributed by atoms with E-state index in [9.17, 15) is 22.4 Å². The first-order chi connectivity index (χ1) is 11.2. The molecule has 0 heterocycles. The predicted molar refractivity (Wildman–Crippen MR) is 78.2 cm³/mol. The van der Waals surface area contributed by atoms with Crippen LogP contribution in [0.4, 0.5) is 17.6 Å². The molecule has 1 aromatic rings. The van der Waals surface area contributed by atoms with E-state index in [2.05, 4.69) is 4.74 Å². The molecular formula is C17H18F4O3. The molecule has 1 aliphatic rings. The molecule has 0 saturated heterocycles. The van der Waals surface area contributed by atoms with Crippen LogP contribution in [0.3, 0.4) is 0 Å². The minimum Gasteiger partial charge on any atom is -0.491 e. The Morgan fingerprint density at radius 3 is 2.12 bits per heavy atom. The Morgan fingerprint density at radius 2 is 1.67 bits per heavy atom. The molecule has 0 N–H and O–H groups in total. The van der Waals surface area contributed by atoms with Gasteiger partial charge in [0.1, 0.15) is 6.61 Å². The molecule has 2 rings (SSSR count). The Bertz CT molecular complexity index is 669. The predicted octanol–water partition coefficient (Wildman–Crippen LogP) is 4.14. The third kappa shape index (κ3) is 2.87. The van der Waals surface area contributed by atoms with Crippen molar-refractivity contribution in [1.29, 1.82) is 0 Å². The topological polar surface area (TPSA) is 35.5 Å². The van der Waals surface area contributed by atoms with Crippen LogP contribution in [0.2, 0.25) is 0 Å². The molecule has 0 amide bonds. The van der Waals surface area contributed by atoms with Crippen LogP contribution in [-0.2, 0) is 16.1 Å². The van der Waals surface area contributed by atoms with E-state index in [1.165, 1.54) is 0 Å². The van der Waals surface area contributed by atoms with Gasteiger partial charge in [-0.15, -0.1) is 0 Å². The molecule has 3 nitrogen and oxygen atoms in total. The van der Waals surface area contributed by atoms with Gasteiger partial charge in [0.25, 0.3) is 0 Å². The van der Waals surface area contributed by atoms with E-state index in [-0.39, 0.29) is 11.3 Å². The van der Waals surface area contributed by atoms with Gasteiger partial charge in [-0.2, -0.15) is 8.78 Å². The molecule has 2 unspecified atom stereocenters. The summed E-state index contributed by atoms with van der Waals surface area (Å²) in [6.07, 6.45) is 3.65. The number of carbonyl (C=O) groups excluding carboxylic acids is 1. The quantitative estimate of drug-likeness (QED) is 0.348.